The average Bonchev–Trinajstić information content (AvgIpc) is 4.09. The van der Waals surface area contributed by atoms with E-state index in [-0.39, 0.29) is 0 Å². The third kappa shape index (κ3) is 17.0. The minimum absolute atomic E-state index is 0.800. The third-order valence-electron chi connectivity index (χ3n) is 21.6. The molecule has 0 amide bonds. The first kappa shape index (κ1) is 61.2. The SMILES string of the molecule is C=C.C=C.C=C.C=C.C=C.C=C.CC12CC3CC(CC(C3)C1)C2.CC12CC3CC(CC1C3)C2.CC1C2CC3CC(C2)CC1C3.CC1CC2CCC1C2.CC1CC2CCC1CC2.PC1CCCCC1. The standard InChI is InChI=1S/2C11H18.C10H16.C9H16.C8H14.C6H13P.6C2H4/c1-11-5-8-2-9(6-11)4-10(3-8)7-11;1-7-10-3-8-2-9(5-10)6-11(7)4-8;1-10-5-7-2-8(6-10)4-9(10)3-7;1-7-6-8-2-4-9(7)5-3-8;1-6-4-7-2-3-8(6)5-7;7-6-4-2-1-3-5-6;6*1-2/h8-10H,2-7H2,1H3;7-11H,2-6H2,1H3;7-9H,2-6H2,1H3;7-9H,2-6H2,1H3;6-8H,2-5H2,1H3;6H,1-5,7H2;6*1-2H2. The monoisotopic (exact) mass is 955 g/mol. The molecule has 392 valence electrons. The van der Waals surface area contributed by atoms with Crippen molar-refractivity contribution < 1.29 is 0 Å². The molecular weight excluding hydrogens is 836 g/mol. The van der Waals surface area contributed by atoms with Crippen LogP contribution in [-0.2, 0) is 0 Å². The summed E-state index contributed by atoms with van der Waals surface area (Å²) in [6.07, 6.45) is 46.6. The van der Waals surface area contributed by atoms with E-state index in [0.717, 1.165) is 117 Å². The van der Waals surface area contributed by atoms with Gasteiger partial charge < -0.3 is 0 Å². The van der Waals surface area contributed by atoms with E-state index in [9.17, 15) is 0 Å². The molecule has 18 saturated carbocycles. The summed E-state index contributed by atoms with van der Waals surface area (Å²) in [7, 11) is 2.91. The van der Waals surface area contributed by atoms with Crippen LogP contribution in [0.5, 0.6) is 0 Å². The summed E-state index contributed by atoms with van der Waals surface area (Å²) in [5.74, 6) is 19.3. The van der Waals surface area contributed by atoms with Gasteiger partial charge in [-0.25, -0.2) is 0 Å². The van der Waals surface area contributed by atoms with Gasteiger partial charge in [0.15, 0.2) is 0 Å². The van der Waals surface area contributed by atoms with E-state index in [1.165, 1.54) is 32.1 Å². The Morgan fingerprint density at radius 1 is 0.324 bits per heavy atom. The first-order chi connectivity index (χ1) is 32.9. The van der Waals surface area contributed by atoms with Crippen LogP contribution in [0.3, 0.4) is 0 Å². The van der Waals surface area contributed by atoms with Gasteiger partial charge in [0.05, 0.1) is 0 Å². The minimum Gasteiger partial charge on any atom is -0.134 e. The Morgan fingerprint density at radius 3 is 0.926 bits per heavy atom. The van der Waals surface area contributed by atoms with E-state index in [4.69, 9.17) is 0 Å². The van der Waals surface area contributed by atoms with Crippen LogP contribution < -0.4 is 0 Å². The van der Waals surface area contributed by atoms with Gasteiger partial charge in [0.2, 0.25) is 0 Å². The molecule has 68 heavy (non-hydrogen) atoms. The van der Waals surface area contributed by atoms with Crippen molar-refractivity contribution in [2.45, 2.75) is 233 Å². The summed E-state index contributed by atoms with van der Waals surface area (Å²) in [6.45, 7) is 48.4. The fourth-order valence-corrected chi connectivity index (χ4v) is 19.8. The minimum atomic E-state index is 0.800. The molecule has 16 bridgehead atoms. The Bertz CT molecular complexity index is 1250. The van der Waals surface area contributed by atoms with Gasteiger partial charge in [-0.1, -0.05) is 73.1 Å². The van der Waals surface area contributed by atoms with Crippen LogP contribution in [0.15, 0.2) is 78.9 Å². The van der Waals surface area contributed by atoms with Crippen molar-refractivity contribution in [3.63, 3.8) is 0 Å². The lowest BCUT2D eigenvalue weighted by atomic mass is 9.50. The van der Waals surface area contributed by atoms with Crippen molar-refractivity contribution in [1.82, 2.24) is 0 Å². The van der Waals surface area contributed by atoms with Crippen LogP contribution in [0.1, 0.15) is 227 Å². The molecule has 0 N–H and O–H groups in total. The van der Waals surface area contributed by atoms with Crippen molar-refractivity contribution in [2.75, 3.05) is 0 Å². The van der Waals surface area contributed by atoms with Crippen LogP contribution in [-0.4, -0.2) is 5.66 Å². The molecule has 0 nitrogen and oxygen atoms in total. The molecule has 0 aromatic carbocycles. The maximum atomic E-state index is 3.00. The van der Waals surface area contributed by atoms with Gasteiger partial charge in [0.1, 0.15) is 0 Å². The largest absolute Gasteiger partial charge is 0.134 e. The molecule has 0 heterocycles. The predicted octanol–water partition coefficient (Wildman–Crippen LogP) is 21.4. The topological polar surface area (TPSA) is 0 Å². The van der Waals surface area contributed by atoms with Crippen LogP contribution in [0, 0.1) is 111 Å². The zero-order valence-corrected chi connectivity index (χ0v) is 47.8. The molecule has 1 heteroatoms. The lowest BCUT2D eigenvalue weighted by molar-refractivity contribution is -0.0411. The Balaban J connectivity index is 0.000000208. The highest BCUT2D eigenvalue weighted by atomic mass is 31.0. The maximum Gasteiger partial charge on any atom is -0.0264 e. The third-order valence-corrected chi connectivity index (χ3v) is 22.2. The highest BCUT2D eigenvalue weighted by Gasteiger charge is 2.55. The summed E-state index contributed by atoms with van der Waals surface area (Å²) in [6, 6.07) is 0. The van der Waals surface area contributed by atoms with E-state index in [1.807, 2.05) is 0 Å². The van der Waals surface area contributed by atoms with E-state index < -0.39 is 0 Å². The second-order valence-electron chi connectivity index (χ2n) is 26.3. The van der Waals surface area contributed by atoms with Crippen LogP contribution >= 0.6 is 9.24 Å². The molecule has 0 aliphatic heterocycles. The normalized spacial score (nSPS) is 44.6. The Morgan fingerprint density at radius 2 is 0.676 bits per heavy atom. The van der Waals surface area contributed by atoms with Gasteiger partial charge in [-0.2, -0.15) is 0 Å². The Labute approximate surface area is 430 Å². The molecule has 0 saturated heterocycles. The highest BCUT2D eigenvalue weighted by molar-refractivity contribution is 7.17. The summed E-state index contributed by atoms with van der Waals surface area (Å²) in [5.41, 5.74) is 2.58. The van der Waals surface area contributed by atoms with Crippen molar-refractivity contribution in [3.05, 3.63) is 78.9 Å². The molecule has 0 aromatic heterocycles. The van der Waals surface area contributed by atoms with Crippen LogP contribution in [0.2, 0.25) is 0 Å². The van der Waals surface area contributed by atoms with E-state index in [1.54, 1.807) is 161 Å². The quantitative estimate of drug-likeness (QED) is 0.168. The number of hydrogen-bond donors (Lipinski definition) is 0. The average molecular weight is 956 g/mol. The van der Waals surface area contributed by atoms with Crippen LogP contribution in [0.25, 0.3) is 0 Å². The van der Waals surface area contributed by atoms with Crippen molar-refractivity contribution >= 4 is 9.24 Å². The second kappa shape index (κ2) is 30.8. The zero-order chi connectivity index (χ0) is 50.6. The molecule has 0 spiro atoms. The zero-order valence-electron chi connectivity index (χ0n) is 46.7. The molecule has 7 atom stereocenters. The van der Waals surface area contributed by atoms with Crippen molar-refractivity contribution in [3.8, 4) is 0 Å². The predicted molar refractivity (Wildman–Crippen MR) is 312 cm³/mol. The Hall–Kier alpha value is -1.13. The van der Waals surface area contributed by atoms with Crippen molar-refractivity contribution in [1.29, 1.82) is 0 Å². The fraction of sp³-hybridized carbons (Fsp3) is 0.821. The Kier molecular flexibility index (Phi) is 27.7. The molecule has 18 rings (SSSR count). The highest BCUT2D eigenvalue weighted by Crippen LogP contribution is 2.65. The lowest BCUT2D eigenvalue weighted by Gasteiger charge is -2.55. The smallest absolute Gasteiger partial charge is 0.0264 e. The first-order valence-corrected chi connectivity index (χ1v) is 30.4. The molecule has 0 aromatic rings. The number of fused-ring (bicyclic) bond motifs is 5. The summed E-state index contributed by atoms with van der Waals surface area (Å²) >= 11 is 0. The van der Waals surface area contributed by atoms with E-state index in [2.05, 4.69) is 123 Å². The van der Waals surface area contributed by atoms with Gasteiger partial charge in [0.25, 0.3) is 0 Å². The number of rotatable bonds is 0. The van der Waals surface area contributed by atoms with E-state index >= 15 is 0 Å². The molecule has 0 radical (unpaired) electrons. The molecule has 18 aliphatic carbocycles. The second-order valence-corrected chi connectivity index (χ2v) is 27.2. The van der Waals surface area contributed by atoms with E-state index in [0.29, 0.717) is 0 Å². The first-order valence-electron chi connectivity index (χ1n) is 29.7. The molecule has 18 aliphatic rings. The van der Waals surface area contributed by atoms with Crippen LogP contribution in [0.4, 0.5) is 0 Å². The van der Waals surface area contributed by atoms with Gasteiger partial charge in [-0.3, -0.25) is 0 Å². The van der Waals surface area contributed by atoms with Gasteiger partial charge in [-0.15, -0.1) is 88.2 Å². The fourth-order valence-electron chi connectivity index (χ4n) is 19.4. The van der Waals surface area contributed by atoms with Gasteiger partial charge in [-0.05, 0) is 271 Å². The van der Waals surface area contributed by atoms with Crippen molar-refractivity contribution in [2.24, 2.45) is 111 Å². The maximum absolute atomic E-state index is 3.00. The lowest BCUT2D eigenvalue weighted by Crippen LogP contribution is -2.44. The molecule has 18 fully saturated rings. The van der Waals surface area contributed by atoms with Gasteiger partial charge in [0, 0.05) is 0 Å². The molecular formula is C67H119P. The summed E-state index contributed by atoms with van der Waals surface area (Å²) < 4.78 is 0. The number of hydrogen-bond acceptors (Lipinski definition) is 0. The van der Waals surface area contributed by atoms with Gasteiger partial charge >= 0.3 is 0 Å². The summed E-state index contributed by atoms with van der Waals surface area (Å²) in [5, 5.41) is 0. The molecule has 7 unspecified atom stereocenters. The summed E-state index contributed by atoms with van der Waals surface area (Å²) in [4.78, 5) is 0.